The van der Waals surface area contributed by atoms with Crippen LogP contribution in [0.15, 0.2) is 10.8 Å². The van der Waals surface area contributed by atoms with Gasteiger partial charge in [0.05, 0.1) is 0 Å². The zero-order valence-electron chi connectivity index (χ0n) is 8.70. The van der Waals surface area contributed by atoms with E-state index in [2.05, 4.69) is 38.1 Å². The van der Waals surface area contributed by atoms with E-state index in [-0.39, 0.29) is 0 Å². The highest BCUT2D eigenvalue weighted by Crippen LogP contribution is 2.34. The Balaban J connectivity index is 1.99. The molecule has 0 aromatic carbocycles. The lowest BCUT2D eigenvalue weighted by molar-refractivity contribution is 0.639. The molecule has 0 aliphatic heterocycles. The van der Waals surface area contributed by atoms with Gasteiger partial charge in [0.25, 0.3) is 0 Å². The topological polar surface area (TPSA) is 63.8 Å². The van der Waals surface area contributed by atoms with Crippen molar-refractivity contribution in [2.24, 2.45) is 5.92 Å². The molecule has 0 bridgehead atoms. The molecule has 1 aliphatic carbocycles. The molecular formula is C10H15BrN4. The smallest absolute Gasteiger partial charge is 0.146 e. The van der Waals surface area contributed by atoms with Crippen molar-refractivity contribution in [2.75, 3.05) is 11.1 Å². The maximum Gasteiger partial charge on any atom is 0.146 e. The lowest BCUT2D eigenvalue weighted by Crippen LogP contribution is -2.17. The molecule has 2 rings (SSSR count). The number of halogens is 1. The fraction of sp³-hybridized carbons (Fsp3) is 0.600. The molecule has 1 aromatic heterocycles. The van der Waals surface area contributed by atoms with Crippen LogP contribution in [0.2, 0.25) is 0 Å². The summed E-state index contributed by atoms with van der Waals surface area (Å²) in [5.41, 5.74) is 5.67. The van der Waals surface area contributed by atoms with Crippen LogP contribution in [-0.2, 0) is 0 Å². The van der Waals surface area contributed by atoms with Crippen LogP contribution in [0.3, 0.4) is 0 Å². The summed E-state index contributed by atoms with van der Waals surface area (Å²) in [5, 5.41) is 3.34. The van der Waals surface area contributed by atoms with Crippen molar-refractivity contribution in [3.05, 3.63) is 10.8 Å². The van der Waals surface area contributed by atoms with E-state index in [1.165, 1.54) is 25.6 Å². The second kappa shape index (κ2) is 4.35. The van der Waals surface area contributed by atoms with Crippen molar-refractivity contribution < 1.29 is 0 Å². The summed E-state index contributed by atoms with van der Waals surface area (Å²) in [7, 11) is 0. The molecule has 1 aromatic rings. The predicted molar refractivity (Wildman–Crippen MR) is 64.6 cm³/mol. The molecule has 1 saturated carbocycles. The van der Waals surface area contributed by atoms with Crippen LogP contribution >= 0.6 is 15.9 Å². The van der Waals surface area contributed by atoms with E-state index >= 15 is 0 Å². The van der Waals surface area contributed by atoms with Gasteiger partial charge in [0.15, 0.2) is 0 Å². The molecule has 0 amide bonds. The average molecular weight is 271 g/mol. The fourth-order valence-electron chi connectivity index (χ4n) is 1.63. The van der Waals surface area contributed by atoms with Gasteiger partial charge >= 0.3 is 0 Å². The summed E-state index contributed by atoms with van der Waals surface area (Å²) < 4.78 is 0.757. The Hall–Kier alpha value is -0.840. The second-order valence-electron chi connectivity index (χ2n) is 4.15. The van der Waals surface area contributed by atoms with Crippen LogP contribution in [0.25, 0.3) is 0 Å². The van der Waals surface area contributed by atoms with Crippen LogP contribution in [0.4, 0.5) is 11.6 Å². The number of nitrogens with one attached hydrogen (secondary N) is 1. The third-order valence-electron chi connectivity index (χ3n) is 2.58. The van der Waals surface area contributed by atoms with E-state index in [9.17, 15) is 0 Å². The zero-order chi connectivity index (χ0) is 10.8. The molecule has 0 radical (unpaired) electrons. The van der Waals surface area contributed by atoms with Crippen LogP contribution < -0.4 is 11.1 Å². The molecule has 82 valence electrons. The highest BCUT2D eigenvalue weighted by Gasteiger charge is 2.23. The minimum absolute atomic E-state index is 0.433. The average Bonchev–Trinajstić information content (AvgIpc) is 2.97. The minimum atomic E-state index is 0.433. The first kappa shape index (κ1) is 10.7. The number of nitrogens with two attached hydrogens (primary N) is 1. The van der Waals surface area contributed by atoms with Gasteiger partial charge in [0.1, 0.15) is 22.4 Å². The number of aromatic nitrogens is 2. The Morgan fingerprint density at radius 2 is 2.33 bits per heavy atom. The first-order valence-corrected chi connectivity index (χ1v) is 5.98. The lowest BCUT2D eigenvalue weighted by atomic mass is 10.1. The third-order valence-corrected chi connectivity index (χ3v) is 3.37. The van der Waals surface area contributed by atoms with Crippen LogP contribution in [-0.4, -0.2) is 16.0 Å². The van der Waals surface area contributed by atoms with Crippen molar-refractivity contribution >= 4 is 27.6 Å². The van der Waals surface area contributed by atoms with Gasteiger partial charge in [-0.15, -0.1) is 0 Å². The van der Waals surface area contributed by atoms with Crippen LogP contribution in [0.5, 0.6) is 0 Å². The quantitative estimate of drug-likeness (QED) is 0.882. The number of nitrogens with zero attached hydrogens (tertiary/aromatic N) is 2. The molecule has 0 saturated heterocycles. The minimum Gasteiger partial charge on any atom is -0.383 e. The van der Waals surface area contributed by atoms with Gasteiger partial charge in [0.2, 0.25) is 0 Å². The predicted octanol–water partition coefficient (Wildman–Crippen LogP) is 2.42. The summed E-state index contributed by atoms with van der Waals surface area (Å²) >= 11 is 3.38. The van der Waals surface area contributed by atoms with Crippen molar-refractivity contribution in [2.45, 2.75) is 32.2 Å². The van der Waals surface area contributed by atoms with Gasteiger partial charge in [0, 0.05) is 6.04 Å². The molecule has 1 fully saturated rings. The molecule has 4 nitrogen and oxygen atoms in total. The van der Waals surface area contributed by atoms with E-state index in [0.717, 1.165) is 16.2 Å². The Kier molecular flexibility index (Phi) is 3.09. The third kappa shape index (κ3) is 2.81. The van der Waals surface area contributed by atoms with Crippen molar-refractivity contribution in [3.63, 3.8) is 0 Å². The normalized spacial score (nSPS) is 17.5. The highest BCUT2D eigenvalue weighted by molar-refractivity contribution is 9.10. The summed E-state index contributed by atoms with van der Waals surface area (Å²) in [6.45, 7) is 2.17. The Bertz CT molecular complexity index is 351. The number of hydrogen-bond donors (Lipinski definition) is 2. The number of hydrogen-bond acceptors (Lipinski definition) is 4. The van der Waals surface area contributed by atoms with Gasteiger partial charge in [-0.05, 0) is 35.2 Å². The van der Waals surface area contributed by atoms with Gasteiger partial charge < -0.3 is 11.1 Å². The SMILES string of the molecule is CC(CC1CC1)Nc1ncnc(N)c1Br. The number of rotatable bonds is 4. The van der Waals surface area contributed by atoms with Gasteiger partial charge in [-0.2, -0.15) is 0 Å². The van der Waals surface area contributed by atoms with Crippen molar-refractivity contribution in [1.29, 1.82) is 0 Å². The molecule has 1 unspecified atom stereocenters. The van der Waals surface area contributed by atoms with E-state index in [4.69, 9.17) is 5.73 Å². The van der Waals surface area contributed by atoms with E-state index < -0.39 is 0 Å². The molecule has 3 N–H and O–H groups in total. The fourth-order valence-corrected chi connectivity index (χ4v) is 1.95. The summed E-state index contributed by atoms with van der Waals surface area (Å²) in [4.78, 5) is 8.06. The first-order valence-electron chi connectivity index (χ1n) is 5.19. The van der Waals surface area contributed by atoms with Crippen molar-refractivity contribution in [3.8, 4) is 0 Å². The van der Waals surface area contributed by atoms with Crippen LogP contribution in [0, 0.1) is 5.92 Å². The summed E-state index contributed by atoms with van der Waals surface area (Å²) in [6.07, 6.45) is 5.43. The maximum atomic E-state index is 5.67. The monoisotopic (exact) mass is 270 g/mol. The molecule has 15 heavy (non-hydrogen) atoms. The highest BCUT2D eigenvalue weighted by atomic mass is 79.9. The lowest BCUT2D eigenvalue weighted by Gasteiger charge is -2.15. The van der Waals surface area contributed by atoms with E-state index in [1.807, 2.05) is 0 Å². The molecule has 1 atom stereocenters. The molecule has 0 spiro atoms. The second-order valence-corrected chi connectivity index (χ2v) is 4.94. The van der Waals surface area contributed by atoms with Gasteiger partial charge in [-0.1, -0.05) is 12.8 Å². The largest absolute Gasteiger partial charge is 0.383 e. The Labute approximate surface area is 97.8 Å². The zero-order valence-corrected chi connectivity index (χ0v) is 10.3. The molecular weight excluding hydrogens is 256 g/mol. The number of anilines is 2. The maximum absolute atomic E-state index is 5.67. The van der Waals surface area contributed by atoms with E-state index in [1.54, 1.807) is 0 Å². The van der Waals surface area contributed by atoms with Gasteiger partial charge in [-0.3, -0.25) is 0 Å². The van der Waals surface area contributed by atoms with Crippen LogP contribution in [0.1, 0.15) is 26.2 Å². The Morgan fingerprint density at radius 3 is 3.00 bits per heavy atom. The standard InChI is InChI=1S/C10H15BrN4/c1-6(4-7-2-3-7)15-10-8(11)9(12)13-5-14-10/h5-7H,2-4H2,1H3,(H3,12,13,14,15). The molecule has 5 heteroatoms. The van der Waals surface area contributed by atoms with E-state index in [0.29, 0.717) is 11.9 Å². The molecule has 1 aliphatic rings. The molecule has 1 heterocycles. The Morgan fingerprint density at radius 1 is 1.60 bits per heavy atom. The summed E-state index contributed by atoms with van der Waals surface area (Å²) in [6, 6.07) is 0.433. The number of nitrogen functional groups attached to an aromatic ring is 1. The first-order chi connectivity index (χ1) is 7.16. The summed E-state index contributed by atoms with van der Waals surface area (Å²) in [5.74, 6) is 2.17. The van der Waals surface area contributed by atoms with Gasteiger partial charge in [-0.25, -0.2) is 9.97 Å². The van der Waals surface area contributed by atoms with Crippen molar-refractivity contribution in [1.82, 2.24) is 9.97 Å².